The quantitative estimate of drug-likeness (QED) is 0.555. The van der Waals surface area contributed by atoms with Crippen LogP contribution in [0.1, 0.15) is 11.3 Å². The van der Waals surface area contributed by atoms with Crippen molar-refractivity contribution >= 4 is 35.8 Å². The fraction of sp³-hybridized carbons (Fsp3) is 0.318. The molecule has 9 heteroatoms. The zero-order valence-corrected chi connectivity index (χ0v) is 19.2. The molecular formula is C22H26Cl2N6O. The van der Waals surface area contributed by atoms with E-state index in [4.69, 9.17) is 16.3 Å². The van der Waals surface area contributed by atoms with E-state index in [1.807, 2.05) is 31.3 Å². The van der Waals surface area contributed by atoms with E-state index in [2.05, 4.69) is 43.1 Å². The second-order valence-corrected chi connectivity index (χ2v) is 7.60. The number of benzene rings is 1. The van der Waals surface area contributed by atoms with Gasteiger partial charge in [-0.3, -0.25) is 4.90 Å². The van der Waals surface area contributed by atoms with Crippen LogP contribution in [0.3, 0.4) is 0 Å². The molecule has 0 atom stereocenters. The zero-order chi connectivity index (χ0) is 20.9. The predicted octanol–water partition coefficient (Wildman–Crippen LogP) is 3.89. The van der Waals surface area contributed by atoms with Crippen molar-refractivity contribution in [1.29, 1.82) is 0 Å². The molecule has 164 valence electrons. The lowest BCUT2D eigenvalue weighted by atomic mass is 10.2. The maximum atomic E-state index is 6.12. The second-order valence-electron chi connectivity index (χ2n) is 7.17. The van der Waals surface area contributed by atoms with Gasteiger partial charge >= 0.3 is 0 Å². The SMILES string of the molecule is COc1ccnc(-n2ncc(/C=C/CN3CCN(c4cccc(Cl)c4)CC3)c2C)n1.Cl. The van der Waals surface area contributed by atoms with E-state index < -0.39 is 0 Å². The standard InChI is InChI=1S/C22H25ClN6O.ClH/c1-17-18(16-25-29(17)22-24-9-8-21(26-22)30-2)5-4-10-27-11-13-28(14-12-27)20-7-3-6-19(23)15-20;/h3-9,15-16H,10-14H2,1-2H3;1H/b5-4+;. The first-order valence-electron chi connectivity index (χ1n) is 9.95. The van der Waals surface area contributed by atoms with Crippen LogP contribution in [0.15, 0.2) is 48.8 Å². The third-order valence-electron chi connectivity index (χ3n) is 5.27. The number of rotatable bonds is 6. The Bertz CT molecular complexity index is 1030. The normalized spacial score (nSPS) is 14.6. The fourth-order valence-electron chi connectivity index (χ4n) is 3.53. The molecule has 1 saturated heterocycles. The van der Waals surface area contributed by atoms with Gasteiger partial charge in [-0.25, -0.2) is 9.67 Å². The molecule has 0 aliphatic carbocycles. The van der Waals surface area contributed by atoms with E-state index >= 15 is 0 Å². The van der Waals surface area contributed by atoms with Gasteiger partial charge in [0.15, 0.2) is 0 Å². The van der Waals surface area contributed by atoms with Crippen molar-refractivity contribution in [1.82, 2.24) is 24.6 Å². The Balaban J connectivity index is 0.00000272. The Labute approximate surface area is 193 Å². The van der Waals surface area contributed by atoms with Crippen molar-refractivity contribution in [2.45, 2.75) is 6.92 Å². The molecule has 4 rings (SSSR count). The second kappa shape index (κ2) is 10.6. The largest absolute Gasteiger partial charge is 0.481 e. The van der Waals surface area contributed by atoms with Crippen molar-refractivity contribution in [3.05, 3.63) is 65.1 Å². The fourth-order valence-corrected chi connectivity index (χ4v) is 3.71. The molecule has 1 aliphatic rings. The van der Waals surface area contributed by atoms with Crippen molar-refractivity contribution in [3.8, 4) is 11.8 Å². The summed E-state index contributed by atoms with van der Waals surface area (Å²) in [6.07, 6.45) is 7.81. The van der Waals surface area contributed by atoms with Crippen LogP contribution in [0.25, 0.3) is 12.0 Å². The summed E-state index contributed by atoms with van der Waals surface area (Å²) in [5.41, 5.74) is 3.24. The number of halogens is 2. The summed E-state index contributed by atoms with van der Waals surface area (Å²) in [6.45, 7) is 6.96. The smallest absolute Gasteiger partial charge is 0.254 e. The molecule has 0 radical (unpaired) electrons. The minimum Gasteiger partial charge on any atom is -0.481 e. The number of hydrogen-bond donors (Lipinski definition) is 0. The highest BCUT2D eigenvalue weighted by Crippen LogP contribution is 2.21. The first-order chi connectivity index (χ1) is 14.6. The lowest BCUT2D eigenvalue weighted by Crippen LogP contribution is -2.46. The molecule has 0 amide bonds. The molecule has 1 fully saturated rings. The summed E-state index contributed by atoms with van der Waals surface area (Å²) in [5.74, 6) is 1.02. The maximum absolute atomic E-state index is 6.12. The van der Waals surface area contributed by atoms with Crippen molar-refractivity contribution < 1.29 is 4.74 Å². The minimum atomic E-state index is 0. The van der Waals surface area contributed by atoms with E-state index in [0.717, 1.165) is 49.0 Å². The van der Waals surface area contributed by atoms with Crippen LogP contribution in [-0.2, 0) is 0 Å². The molecule has 0 spiro atoms. The van der Waals surface area contributed by atoms with Crippen LogP contribution in [0.4, 0.5) is 5.69 Å². The van der Waals surface area contributed by atoms with Crippen LogP contribution in [-0.4, -0.2) is 64.5 Å². The molecule has 0 N–H and O–H groups in total. The highest BCUT2D eigenvalue weighted by atomic mass is 35.5. The number of methoxy groups -OCH3 is 1. The van der Waals surface area contributed by atoms with Gasteiger partial charge in [-0.2, -0.15) is 10.1 Å². The Kier molecular flexibility index (Phi) is 7.90. The monoisotopic (exact) mass is 460 g/mol. The molecule has 1 aliphatic heterocycles. The number of piperazine rings is 1. The summed E-state index contributed by atoms with van der Waals surface area (Å²) < 4.78 is 6.90. The first-order valence-corrected chi connectivity index (χ1v) is 10.3. The van der Waals surface area contributed by atoms with Gasteiger partial charge in [-0.1, -0.05) is 29.8 Å². The van der Waals surface area contributed by atoms with E-state index in [-0.39, 0.29) is 12.4 Å². The number of ether oxygens (including phenoxy) is 1. The van der Waals surface area contributed by atoms with E-state index in [1.54, 1.807) is 24.1 Å². The van der Waals surface area contributed by atoms with Crippen LogP contribution < -0.4 is 9.64 Å². The van der Waals surface area contributed by atoms with Gasteiger partial charge in [0.1, 0.15) is 0 Å². The third kappa shape index (κ3) is 5.55. The molecule has 3 heterocycles. The Morgan fingerprint density at radius 2 is 1.97 bits per heavy atom. The summed E-state index contributed by atoms with van der Waals surface area (Å²) in [4.78, 5) is 13.5. The Morgan fingerprint density at radius 3 is 2.71 bits per heavy atom. The molecule has 2 aromatic heterocycles. The van der Waals surface area contributed by atoms with Gasteiger partial charge in [0.25, 0.3) is 5.95 Å². The van der Waals surface area contributed by atoms with E-state index in [0.29, 0.717) is 11.8 Å². The van der Waals surface area contributed by atoms with Crippen molar-refractivity contribution in [3.63, 3.8) is 0 Å². The Hall–Kier alpha value is -2.61. The summed E-state index contributed by atoms with van der Waals surface area (Å²) >= 11 is 6.12. The maximum Gasteiger partial charge on any atom is 0.254 e. The Morgan fingerprint density at radius 1 is 1.16 bits per heavy atom. The molecule has 0 unspecified atom stereocenters. The van der Waals surface area contributed by atoms with Crippen LogP contribution in [0.5, 0.6) is 5.88 Å². The van der Waals surface area contributed by atoms with Gasteiger partial charge in [0.05, 0.1) is 19.0 Å². The van der Waals surface area contributed by atoms with Crippen LogP contribution >= 0.6 is 24.0 Å². The van der Waals surface area contributed by atoms with Gasteiger partial charge in [-0.15, -0.1) is 12.4 Å². The highest BCUT2D eigenvalue weighted by Gasteiger charge is 2.16. The molecule has 0 saturated carbocycles. The van der Waals surface area contributed by atoms with Gasteiger partial charge in [0.2, 0.25) is 5.88 Å². The topological polar surface area (TPSA) is 59.3 Å². The summed E-state index contributed by atoms with van der Waals surface area (Å²) in [7, 11) is 1.59. The number of nitrogens with zero attached hydrogens (tertiary/aromatic N) is 6. The molecule has 7 nitrogen and oxygen atoms in total. The lowest BCUT2D eigenvalue weighted by Gasteiger charge is -2.35. The van der Waals surface area contributed by atoms with Gasteiger partial charge in [-0.05, 0) is 25.1 Å². The molecular weight excluding hydrogens is 435 g/mol. The van der Waals surface area contributed by atoms with Crippen molar-refractivity contribution in [2.24, 2.45) is 0 Å². The molecule has 3 aromatic rings. The predicted molar refractivity (Wildman–Crippen MR) is 127 cm³/mol. The molecule has 31 heavy (non-hydrogen) atoms. The number of hydrogen-bond acceptors (Lipinski definition) is 6. The van der Waals surface area contributed by atoms with Crippen molar-refractivity contribution in [2.75, 3.05) is 44.7 Å². The average molecular weight is 461 g/mol. The lowest BCUT2D eigenvalue weighted by molar-refractivity contribution is 0.284. The first kappa shape index (κ1) is 23.1. The van der Waals surface area contributed by atoms with Gasteiger partial charge in [0, 0.05) is 61.3 Å². The molecule has 1 aromatic carbocycles. The van der Waals surface area contributed by atoms with Crippen LogP contribution in [0, 0.1) is 6.92 Å². The minimum absolute atomic E-state index is 0. The number of aromatic nitrogens is 4. The van der Waals surface area contributed by atoms with Gasteiger partial charge < -0.3 is 9.64 Å². The third-order valence-corrected chi connectivity index (χ3v) is 5.51. The molecule has 0 bridgehead atoms. The van der Waals surface area contributed by atoms with Crippen LogP contribution in [0.2, 0.25) is 5.02 Å². The van der Waals surface area contributed by atoms with E-state index in [9.17, 15) is 0 Å². The average Bonchev–Trinajstić information content (AvgIpc) is 3.14. The zero-order valence-electron chi connectivity index (χ0n) is 17.6. The van der Waals surface area contributed by atoms with E-state index in [1.165, 1.54) is 5.69 Å². The summed E-state index contributed by atoms with van der Waals surface area (Å²) in [5, 5.41) is 5.22. The highest BCUT2D eigenvalue weighted by molar-refractivity contribution is 6.30. The summed E-state index contributed by atoms with van der Waals surface area (Å²) in [6, 6.07) is 9.79. The number of anilines is 1.